The topological polar surface area (TPSA) is 92.5 Å². The minimum atomic E-state index is -3.24. The Bertz CT molecular complexity index is 640. The Labute approximate surface area is 123 Å². The second kappa shape index (κ2) is 5.98. The van der Waals surface area contributed by atoms with Gasteiger partial charge in [0.1, 0.15) is 5.82 Å². The third-order valence-corrected chi connectivity index (χ3v) is 4.17. The second-order valence-electron chi connectivity index (χ2n) is 5.19. The zero-order valence-corrected chi connectivity index (χ0v) is 12.5. The molecule has 1 aliphatic heterocycles. The molecule has 2 rings (SSSR count). The zero-order chi connectivity index (χ0) is 15.6. The molecule has 3 N–H and O–H groups in total. The SMILES string of the molecule is CS(=O)(=O)NC1CCN(C(=O)c2ccc(F)cc2N)CC1. The molecule has 1 aliphatic rings. The lowest BCUT2D eigenvalue weighted by atomic mass is 10.0. The van der Waals surface area contributed by atoms with E-state index in [9.17, 15) is 17.6 Å². The number of nitrogens with zero attached hydrogens (tertiary/aromatic N) is 1. The van der Waals surface area contributed by atoms with Crippen LogP contribution in [0.25, 0.3) is 0 Å². The summed E-state index contributed by atoms with van der Waals surface area (Å²) < 4.78 is 37.9. The van der Waals surface area contributed by atoms with Gasteiger partial charge in [-0.15, -0.1) is 0 Å². The molecule has 0 aliphatic carbocycles. The first kappa shape index (κ1) is 15.7. The predicted octanol–water partition coefficient (Wildman–Crippen LogP) is 0.562. The summed E-state index contributed by atoms with van der Waals surface area (Å²) in [4.78, 5) is 13.9. The van der Waals surface area contributed by atoms with Crippen molar-refractivity contribution in [3.63, 3.8) is 0 Å². The number of rotatable bonds is 3. The van der Waals surface area contributed by atoms with Gasteiger partial charge in [-0.1, -0.05) is 0 Å². The van der Waals surface area contributed by atoms with E-state index in [2.05, 4.69) is 4.72 Å². The van der Waals surface area contributed by atoms with Crippen LogP contribution in [0.3, 0.4) is 0 Å². The highest BCUT2D eigenvalue weighted by atomic mass is 32.2. The van der Waals surface area contributed by atoms with Gasteiger partial charge in [-0.25, -0.2) is 17.5 Å². The molecule has 8 heteroatoms. The molecule has 1 saturated heterocycles. The Balaban J connectivity index is 2.00. The van der Waals surface area contributed by atoms with E-state index in [0.717, 1.165) is 12.3 Å². The van der Waals surface area contributed by atoms with Gasteiger partial charge in [0, 0.05) is 24.8 Å². The van der Waals surface area contributed by atoms with Crippen molar-refractivity contribution >= 4 is 21.6 Å². The Hall–Kier alpha value is -1.67. The normalized spacial score (nSPS) is 17.0. The third-order valence-electron chi connectivity index (χ3n) is 3.41. The molecule has 0 radical (unpaired) electrons. The molecule has 1 aromatic carbocycles. The van der Waals surface area contributed by atoms with Crippen LogP contribution in [0.1, 0.15) is 23.2 Å². The number of nitrogen functional groups attached to an aromatic ring is 1. The highest BCUT2D eigenvalue weighted by Gasteiger charge is 2.26. The number of hydrogen-bond acceptors (Lipinski definition) is 4. The fraction of sp³-hybridized carbons (Fsp3) is 0.462. The summed E-state index contributed by atoms with van der Waals surface area (Å²) >= 11 is 0. The van der Waals surface area contributed by atoms with Gasteiger partial charge < -0.3 is 10.6 Å². The molecule has 0 atom stereocenters. The number of benzene rings is 1. The van der Waals surface area contributed by atoms with Gasteiger partial charge in [-0.05, 0) is 31.0 Å². The lowest BCUT2D eigenvalue weighted by molar-refractivity contribution is 0.0712. The zero-order valence-electron chi connectivity index (χ0n) is 11.7. The molecule has 0 saturated carbocycles. The van der Waals surface area contributed by atoms with Crippen molar-refractivity contribution in [2.75, 3.05) is 25.1 Å². The summed E-state index contributed by atoms with van der Waals surface area (Å²) in [5.74, 6) is -0.745. The van der Waals surface area contributed by atoms with Crippen molar-refractivity contribution < 1.29 is 17.6 Å². The summed E-state index contributed by atoms with van der Waals surface area (Å²) in [6.45, 7) is 0.867. The van der Waals surface area contributed by atoms with Crippen molar-refractivity contribution in [2.24, 2.45) is 0 Å². The van der Waals surface area contributed by atoms with Gasteiger partial charge in [0.05, 0.1) is 11.8 Å². The van der Waals surface area contributed by atoms with Crippen LogP contribution >= 0.6 is 0 Å². The lowest BCUT2D eigenvalue weighted by Crippen LogP contribution is -2.46. The van der Waals surface area contributed by atoms with Gasteiger partial charge in [0.2, 0.25) is 10.0 Å². The van der Waals surface area contributed by atoms with Gasteiger partial charge >= 0.3 is 0 Å². The van der Waals surface area contributed by atoms with Crippen molar-refractivity contribution in [3.05, 3.63) is 29.6 Å². The Kier molecular flexibility index (Phi) is 4.48. The molecule has 0 bridgehead atoms. The quantitative estimate of drug-likeness (QED) is 0.797. The first-order valence-corrected chi connectivity index (χ1v) is 8.47. The number of halogens is 1. The molecule has 116 valence electrons. The van der Waals surface area contributed by atoms with Crippen LogP contribution in [0.5, 0.6) is 0 Å². The number of nitrogens with one attached hydrogen (secondary N) is 1. The first-order chi connectivity index (χ1) is 9.76. The lowest BCUT2D eigenvalue weighted by Gasteiger charge is -2.32. The van der Waals surface area contributed by atoms with E-state index in [-0.39, 0.29) is 23.2 Å². The maximum Gasteiger partial charge on any atom is 0.255 e. The maximum absolute atomic E-state index is 13.0. The molecule has 0 aromatic heterocycles. The second-order valence-corrected chi connectivity index (χ2v) is 6.97. The number of carbonyl (C=O) groups excluding carboxylic acids is 1. The average Bonchev–Trinajstić information content (AvgIpc) is 2.37. The standard InChI is InChI=1S/C13H18FN3O3S/c1-21(19,20)16-10-4-6-17(7-5-10)13(18)11-3-2-9(14)8-12(11)15/h2-3,8,10,16H,4-7,15H2,1H3. The van der Waals surface area contributed by atoms with E-state index >= 15 is 0 Å². The number of amides is 1. The minimum absolute atomic E-state index is 0.108. The van der Waals surface area contributed by atoms with E-state index in [1.807, 2.05) is 0 Å². The molecule has 1 fully saturated rings. The molecule has 21 heavy (non-hydrogen) atoms. The summed E-state index contributed by atoms with van der Waals surface area (Å²) in [5, 5.41) is 0. The third kappa shape index (κ3) is 4.15. The minimum Gasteiger partial charge on any atom is -0.398 e. The van der Waals surface area contributed by atoms with E-state index in [1.54, 1.807) is 4.90 Å². The van der Waals surface area contributed by atoms with Gasteiger partial charge in [-0.2, -0.15) is 0 Å². The molecule has 0 unspecified atom stereocenters. The molecule has 1 amide bonds. The molecular formula is C13H18FN3O3S. The monoisotopic (exact) mass is 315 g/mol. The van der Waals surface area contributed by atoms with Crippen molar-refractivity contribution in [1.29, 1.82) is 0 Å². The molecular weight excluding hydrogens is 297 g/mol. The van der Waals surface area contributed by atoms with Gasteiger partial charge in [0.25, 0.3) is 5.91 Å². The highest BCUT2D eigenvalue weighted by molar-refractivity contribution is 7.88. The van der Waals surface area contributed by atoms with Crippen LogP contribution in [-0.2, 0) is 10.0 Å². The Morgan fingerprint density at radius 2 is 2.00 bits per heavy atom. The summed E-state index contributed by atoms with van der Waals surface area (Å²) in [7, 11) is -3.24. The largest absolute Gasteiger partial charge is 0.398 e. The van der Waals surface area contributed by atoms with Crippen LogP contribution < -0.4 is 10.5 Å². The predicted molar refractivity (Wildman–Crippen MR) is 77.7 cm³/mol. The van der Waals surface area contributed by atoms with Crippen LogP contribution in [0.15, 0.2) is 18.2 Å². The van der Waals surface area contributed by atoms with E-state index in [4.69, 9.17) is 5.73 Å². The van der Waals surface area contributed by atoms with Crippen molar-refractivity contribution in [3.8, 4) is 0 Å². The van der Waals surface area contributed by atoms with Crippen LogP contribution in [0.2, 0.25) is 0 Å². The van der Waals surface area contributed by atoms with Crippen molar-refractivity contribution in [2.45, 2.75) is 18.9 Å². The average molecular weight is 315 g/mol. The number of piperidine rings is 1. The van der Waals surface area contributed by atoms with Crippen LogP contribution in [-0.4, -0.2) is 44.6 Å². The molecule has 0 spiro atoms. The van der Waals surface area contributed by atoms with Crippen LogP contribution in [0.4, 0.5) is 10.1 Å². The first-order valence-electron chi connectivity index (χ1n) is 6.58. The molecule has 1 aromatic rings. The number of likely N-dealkylation sites (tertiary alicyclic amines) is 1. The Morgan fingerprint density at radius 3 is 2.52 bits per heavy atom. The Morgan fingerprint density at radius 1 is 1.38 bits per heavy atom. The summed E-state index contributed by atoms with van der Waals surface area (Å²) in [6.07, 6.45) is 2.20. The maximum atomic E-state index is 13.0. The van der Waals surface area contributed by atoms with E-state index in [0.29, 0.717) is 25.9 Å². The molecule has 6 nitrogen and oxygen atoms in total. The van der Waals surface area contributed by atoms with Gasteiger partial charge in [0.15, 0.2) is 0 Å². The summed E-state index contributed by atoms with van der Waals surface area (Å²) in [5.41, 5.74) is 6.04. The van der Waals surface area contributed by atoms with E-state index < -0.39 is 15.8 Å². The number of anilines is 1. The number of hydrogen-bond donors (Lipinski definition) is 2. The fourth-order valence-corrected chi connectivity index (χ4v) is 3.24. The van der Waals surface area contributed by atoms with Crippen molar-refractivity contribution in [1.82, 2.24) is 9.62 Å². The summed E-state index contributed by atoms with van der Waals surface area (Å²) in [6, 6.07) is 3.52. The smallest absolute Gasteiger partial charge is 0.255 e. The van der Waals surface area contributed by atoms with Gasteiger partial charge in [-0.3, -0.25) is 4.79 Å². The number of sulfonamides is 1. The highest BCUT2D eigenvalue weighted by Crippen LogP contribution is 2.19. The fourth-order valence-electron chi connectivity index (χ4n) is 2.40. The van der Waals surface area contributed by atoms with E-state index in [1.165, 1.54) is 12.1 Å². The number of carbonyl (C=O) groups is 1. The number of nitrogens with two attached hydrogens (primary N) is 1. The molecule has 1 heterocycles. The van der Waals surface area contributed by atoms with Crippen LogP contribution in [0, 0.1) is 5.82 Å².